The lowest BCUT2D eigenvalue weighted by Gasteiger charge is -2.35. The molecule has 162 valence electrons. The van der Waals surface area contributed by atoms with Gasteiger partial charge >= 0.3 is 0 Å². The average Bonchev–Trinajstić information content (AvgIpc) is 3.44. The van der Waals surface area contributed by atoms with Crippen LogP contribution in [-0.2, 0) is 21.2 Å². The molecular formula is C22H29N3O3S2. The fraction of sp³-hybridized carbons (Fsp3) is 0.500. The minimum atomic E-state index is -3.55. The SMILES string of the molecule is CCN(CC)S(=O)(=O)c1cccc(NC(=O)CN2CCc3sccc3C2C2CC2)c1. The zero-order valence-electron chi connectivity index (χ0n) is 17.5. The van der Waals surface area contributed by atoms with E-state index in [1.54, 1.807) is 24.3 Å². The lowest BCUT2D eigenvalue weighted by molar-refractivity contribution is -0.118. The summed E-state index contributed by atoms with van der Waals surface area (Å²) in [6.45, 7) is 5.68. The van der Waals surface area contributed by atoms with Crippen molar-refractivity contribution in [1.29, 1.82) is 0 Å². The molecule has 0 saturated heterocycles. The number of thiophene rings is 1. The summed E-state index contributed by atoms with van der Waals surface area (Å²) in [5, 5.41) is 5.07. The Morgan fingerprint density at radius 2 is 2.00 bits per heavy atom. The van der Waals surface area contributed by atoms with Crippen molar-refractivity contribution in [3.63, 3.8) is 0 Å². The molecule has 2 aliphatic rings. The molecule has 0 spiro atoms. The lowest BCUT2D eigenvalue weighted by Crippen LogP contribution is -2.41. The van der Waals surface area contributed by atoms with Gasteiger partial charge in [0.05, 0.1) is 11.4 Å². The monoisotopic (exact) mass is 447 g/mol. The van der Waals surface area contributed by atoms with E-state index in [2.05, 4.69) is 21.7 Å². The third-order valence-corrected chi connectivity index (χ3v) is 9.04. The molecule has 1 aromatic heterocycles. The molecule has 1 aromatic carbocycles. The molecule has 6 nitrogen and oxygen atoms in total. The predicted molar refractivity (Wildman–Crippen MR) is 120 cm³/mol. The zero-order valence-corrected chi connectivity index (χ0v) is 19.1. The minimum absolute atomic E-state index is 0.100. The first kappa shape index (κ1) is 21.5. The Bertz CT molecular complexity index is 1010. The number of anilines is 1. The number of sulfonamides is 1. The number of fused-ring (bicyclic) bond motifs is 1. The van der Waals surface area contributed by atoms with Gasteiger partial charge in [-0.3, -0.25) is 9.69 Å². The van der Waals surface area contributed by atoms with Crippen molar-refractivity contribution >= 4 is 33.0 Å². The predicted octanol–water partition coefficient (Wildman–Crippen LogP) is 3.73. The van der Waals surface area contributed by atoms with Gasteiger partial charge in [-0.25, -0.2) is 8.42 Å². The molecule has 2 heterocycles. The Kier molecular flexibility index (Phi) is 6.29. The largest absolute Gasteiger partial charge is 0.325 e. The Morgan fingerprint density at radius 1 is 1.23 bits per heavy atom. The second kappa shape index (κ2) is 8.78. The lowest BCUT2D eigenvalue weighted by atomic mass is 9.96. The fourth-order valence-electron chi connectivity index (χ4n) is 4.37. The Morgan fingerprint density at radius 3 is 2.70 bits per heavy atom. The standard InChI is InChI=1S/C22H29N3O3S2/c1-3-25(4-2)30(27,28)18-7-5-6-17(14-18)23-21(26)15-24-12-10-20-19(11-13-29-20)22(24)16-8-9-16/h5-7,11,13-14,16,22H,3-4,8-10,12,15H2,1-2H3,(H,23,26). The van der Waals surface area contributed by atoms with Crippen molar-refractivity contribution in [2.24, 2.45) is 5.92 Å². The van der Waals surface area contributed by atoms with Crippen LogP contribution in [0.15, 0.2) is 40.6 Å². The summed E-state index contributed by atoms with van der Waals surface area (Å²) in [5.74, 6) is 0.547. The van der Waals surface area contributed by atoms with E-state index in [0.717, 1.165) is 13.0 Å². The van der Waals surface area contributed by atoms with E-state index in [-0.39, 0.29) is 10.8 Å². The maximum absolute atomic E-state index is 12.8. The van der Waals surface area contributed by atoms with Gasteiger partial charge in [0.1, 0.15) is 0 Å². The van der Waals surface area contributed by atoms with Gasteiger partial charge in [0.25, 0.3) is 0 Å². The zero-order chi connectivity index (χ0) is 21.3. The van der Waals surface area contributed by atoms with Crippen molar-refractivity contribution in [2.45, 2.75) is 44.0 Å². The molecule has 4 rings (SSSR count). The minimum Gasteiger partial charge on any atom is -0.325 e. The Labute approximate surface area is 182 Å². The van der Waals surface area contributed by atoms with E-state index in [9.17, 15) is 13.2 Å². The van der Waals surface area contributed by atoms with Gasteiger partial charge in [-0.15, -0.1) is 11.3 Å². The highest BCUT2D eigenvalue weighted by Gasteiger charge is 2.40. The number of hydrogen-bond donors (Lipinski definition) is 1. The van der Waals surface area contributed by atoms with Crippen LogP contribution in [-0.4, -0.2) is 49.7 Å². The average molecular weight is 448 g/mol. The van der Waals surface area contributed by atoms with Gasteiger partial charge in [0.15, 0.2) is 0 Å². The second-order valence-corrected chi connectivity index (χ2v) is 10.9. The number of carbonyl (C=O) groups is 1. The summed E-state index contributed by atoms with van der Waals surface area (Å²) in [6.07, 6.45) is 3.44. The fourth-order valence-corrected chi connectivity index (χ4v) is 6.79. The maximum atomic E-state index is 12.8. The van der Waals surface area contributed by atoms with Crippen LogP contribution in [0.2, 0.25) is 0 Å². The molecule has 1 atom stereocenters. The molecule has 1 fully saturated rings. The van der Waals surface area contributed by atoms with Crippen molar-refractivity contribution in [3.8, 4) is 0 Å². The molecule has 1 unspecified atom stereocenters. The van der Waals surface area contributed by atoms with E-state index in [4.69, 9.17) is 0 Å². The summed E-state index contributed by atoms with van der Waals surface area (Å²) in [4.78, 5) is 16.8. The van der Waals surface area contributed by atoms with Crippen molar-refractivity contribution in [3.05, 3.63) is 46.2 Å². The summed E-state index contributed by atoms with van der Waals surface area (Å²) >= 11 is 1.82. The molecule has 30 heavy (non-hydrogen) atoms. The maximum Gasteiger partial charge on any atom is 0.243 e. The number of rotatable bonds is 8. The van der Waals surface area contributed by atoms with Crippen LogP contribution in [0.5, 0.6) is 0 Å². The number of carbonyl (C=O) groups excluding carboxylic acids is 1. The highest BCUT2D eigenvalue weighted by atomic mass is 32.2. The molecular weight excluding hydrogens is 418 g/mol. The van der Waals surface area contributed by atoms with E-state index in [1.807, 2.05) is 25.2 Å². The number of amides is 1. The van der Waals surface area contributed by atoms with Gasteiger partial charge in [0, 0.05) is 36.2 Å². The molecule has 1 saturated carbocycles. The molecule has 2 aromatic rings. The highest BCUT2D eigenvalue weighted by molar-refractivity contribution is 7.89. The molecule has 1 aliphatic carbocycles. The second-order valence-electron chi connectivity index (χ2n) is 7.97. The van der Waals surface area contributed by atoms with Crippen LogP contribution in [0.1, 0.15) is 43.2 Å². The molecule has 0 radical (unpaired) electrons. The topological polar surface area (TPSA) is 69.7 Å². The van der Waals surface area contributed by atoms with Gasteiger partial charge < -0.3 is 5.32 Å². The van der Waals surface area contributed by atoms with Crippen molar-refractivity contribution in [1.82, 2.24) is 9.21 Å². The van der Waals surface area contributed by atoms with E-state index < -0.39 is 10.0 Å². The summed E-state index contributed by atoms with van der Waals surface area (Å²) < 4.78 is 27.0. The molecule has 8 heteroatoms. The van der Waals surface area contributed by atoms with Crippen LogP contribution in [0.25, 0.3) is 0 Å². The first-order valence-corrected chi connectivity index (χ1v) is 13.0. The third kappa shape index (κ3) is 4.32. The third-order valence-electron chi connectivity index (χ3n) is 5.99. The Balaban J connectivity index is 1.46. The van der Waals surface area contributed by atoms with E-state index in [1.165, 1.54) is 27.6 Å². The smallest absolute Gasteiger partial charge is 0.243 e. The van der Waals surface area contributed by atoms with E-state index >= 15 is 0 Å². The Hall–Kier alpha value is -1.74. The van der Waals surface area contributed by atoms with Crippen molar-refractivity contribution < 1.29 is 13.2 Å². The van der Waals surface area contributed by atoms with Gasteiger partial charge in [0.2, 0.25) is 15.9 Å². The van der Waals surface area contributed by atoms with Crippen LogP contribution < -0.4 is 5.32 Å². The van der Waals surface area contributed by atoms with E-state index in [0.29, 0.717) is 37.3 Å². The van der Waals surface area contributed by atoms with Gasteiger partial charge in [-0.2, -0.15) is 4.31 Å². The van der Waals surface area contributed by atoms with Gasteiger partial charge in [-0.05, 0) is 60.4 Å². The quantitative estimate of drug-likeness (QED) is 0.670. The number of nitrogens with zero attached hydrogens (tertiary/aromatic N) is 2. The summed E-state index contributed by atoms with van der Waals surface area (Å²) in [6, 6.07) is 9.10. The van der Waals surface area contributed by atoms with Crippen LogP contribution in [0, 0.1) is 5.92 Å². The van der Waals surface area contributed by atoms with Gasteiger partial charge in [-0.1, -0.05) is 19.9 Å². The molecule has 1 N–H and O–H groups in total. The van der Waals surface area contributed by atoms with Crippen molar-refractivity contribution in [2.75, 3.05) is 31.5 Å². The van der Waals surface area contributed by atoms with Crippen LogP contribution >= 0.6 is 11.3 Å². The number of hydrogen-bond acceptors (Lipinski definition) is 5. The molecule has 1 aliphatic heterocycles. The summed E-state index contributed by atoms with van der Waals surface area (Å²) in [7, 11) is -3.55. The molecule has 0 bridgehead atoms. The number of nitrogens with one attached hydrogen (secondary N) is 1. The van der Waals surface area contributed by atoms with Crippen LogP contribution in [0.3, 0.4) is 0 Å². The summed E-state index contributed by atoms with van der Waals surface area (Å²) in [5.41, 5.74) is 1.92. The first-order chi connectivity index (χ1) is 14.4. The molecule has 1 amide bonds. The highest BCUT2D eigenvalue weighted by Crippen LogP contribution is 2.48. The number of benzene rings is 1. The normalized spacial score (nSPS) is 19.6. The first-order valence-electron chi connectivity index (χ1n) is 10.6. The van der Waals surface area contributed by atoms with Crippen LogP contribution in [0.4, 0.5) is 5.69 Å².